The van der Waals surface area contributed by atoms with E-state index in [0.717, 1.165) is 18.1 Å². The number of alkyl halides is 3. The quantitative estimate of drug-likeness (QED) is 0.263. The summed E-state index contributed by atoms with van der Waals surface area (Å²) in [6.45, 7) is 2.22. The monoisotopic (exact) mass is 444 g/mol. The van der Waals surface area contributed by atoms with Crippen LogP contribution in [0.5, 0.6) is 5.75 Å². The lowest BCUT2D eigenvalue weighted by atomic mass is 9.79. The average Bonchev–Trinajstić information content (AvgIpc) is 2.77. The van der Waals surface area contributed by atoms with Crippen LogP contribution in [0.4, 0.5) is 17.6 Å². The second-order valence-corrected chi connectivity index (χ2v) is 8.75. The summed E-state index contributed by atoms with van der Waals surface area (Å²) in [7, 11) is 0. The van der Waals surface area contributed by atoms with Crippen molar-refractivity contribution in [3.8, 4) is 5.75 Å². The Balaban J connectivity index is 1.49. The van der Waals surface area contributed by atoms with Gasteiger partial charge in [0.25, 0.3) is 0 Å². The predicted octanol–water partition coefficient (Wildman–Crippen LogP) is 8.27. The maximum atomic E-state index is 14.6. The summed E-state index contributed by atoms with van der Waals surface area (Å²) in [6.07, 6.45) is 2.90. The van der Waals surface area contributed by atoms with Crippen LogP contribution in [0.1, 0.15) is 67.2 Å². The smallest absolute Gasteiger partial charge is 0.403 e. The molecule has 0 amide bonds. The van der Waals surface area contributed by atoms with E-state index in [4.69, 9.17) is 0 Å². The van der Waals surface area contributed by atoms with Crippen LogP contribution < -0.4 is 4.74 Å². The third-order valence-corrected chi connectivity index (χ3v) is 6.46. The normalized spacial score (nSPS) is 16.2. The van der Waals surface area contributed by atoms with Gasteiger partial charge in [0.05, 0.1) is 0 Å². The number of benzene rings is 3. The fourth-order valence-corrected chi connectivity index (χ4v) is 4.75. The number of halogens is 4. The zero-order valence-corrected chi connectivity index (χ0v) is 18.3. The number of unbranched alkanes of at least 4 members (excludes halogenated alkanes) is 3. The summed E-state index contributed by atoms with van der Waals surface area (Å²) >= 11 is 0. The lowest BCUT2D eigenvalue weighted by molar-refractivity contribution is -0.275. The van der Waals surface area contributed by atoms with Crippen molar-refractivity contribution < 1.29 is 22.3 Å². The number of aryl methyl sites for hydroxylation is 1. The summed E-state index contributed by atoms with van der Waals surface area (Å²) < 4.78 is 55.9. The molecular weight excluding hydrogens is 416 g/mol. The van der Waals surface area contributed by atoms with Crippen molar-refractivity contribution in [1.29, 1.82) is 0 Å². The van der Waals surface area contributed by atoms with Crippen molar-refractivity contribution in [3.63, 3.8) is 0 Å². The molecule has 0 saturated heterocycles. The van der Waals surface area contributed by atoms with Gasteiger partial charge in [0.15, 0.2) is 11.6 Å². The first-order valence-corrected chi connectivity index (χ1v) is 11.4. The minimum Gasteiger partial charge on any atom is -0.403 e. The molecule has 0 saturated carbocycles. The van der Waals surface area contributed by atoms with E-state index in [2.05, 4.69) is 48.1 Å². The SMILES string of the molecule is CCCCCCc1ccc2cc(C3CCc4c(ccc(OC(F)(F)F)c4F)C3)ccc2c1. The Morgan fingerprint density at radius 2 is 1.72 bits per heavy atom. The van der Waals surface area contributed by atoms with Gasteiger partial charge in [0.1, 0.15) is 0 Å². The summed E-state index contributed by atoms with van der Waals surface area (Å²) in [5.41, 5.74) is 3.66. The molecule has 3 aromatic carbocycles. The highest BCUT2D eigenvalue weighted by Gasteiger charge is 2.34. The Kier molecular flexibility index (Phi) is 6.73. The topological polar surface area (TPSA) is 9.23 Å². The summed E-state index contributed by atoms with van der Waals surface area (Å²) in [5.74, 6) is -1.41. The molecule has 0 radical (unpaired) electrons. The van der Waals surface area contributed by atoms with Crippen molar-refractivity contribution in [2.24, 2.45) is 0 Å². The van der Waals surface area contributed by atoms with Crippen molar-refractivity contribution in [3.05, 3.63) is 76.6 Å². The molecule has 0 bridgehead atoms. The van der Waals surface area contributed by atoms with E-state index >= 15 is 0 Å². The summed E-state index contributed by atoms with van der Waals surface area (Å²) in [5, 5.41) is 2.41. The van der Waals surface area contributed by atoms with E-state index in [1.807, 2.05) is 0 Å². The highest BCUT2D eigenvalue weighted by molar-refractivity contribution is 5.84. The lowest BCUT2D eigenvalue weighted by Gasteiger charge is -2.26. The van der Waals surface area contributed by atoms with Crippen LogP contribution in [0.2, 0.25) is 0 Å². The molecule has 0 heterocycles. The molecule has 0 fully saturated rings. The molecule has 0 N–H and O–H groups in total. The first-order valence-electron chi connectivity index (χ1n) is 11.4. The molecule has 1 unspecified atom stereocenters. The molecule has 32 heavy (non-hydrogen) atoms. The largest absolute Gasteiger partial charge is 0.573 e. The zero-order chi connectivity index (χ0) is 22.7. The van der Waals surface area contributed by atoms with Crippen molar-refractivity contribution >= 4 is 10.8 Å². The third-order valence-electron chi connectivity index (χ3n) is 6.46. The van der Waals surface area contributed by atoms with Gasteiger partial charge in [-0.15, -0.1) is 13.2 Å². The van der Waals surface area contributed by atoms with E-state index in [0.29, 0.717) is 24.8 Å². The maximum Gasteiger partial charge on any atom is 0.573 e. The minimum absolute atomic E-state index is 0.217. The number of hydrogen-bond donors (Lipinski definition) is 0. The van der Waals surface area contributed by atoms with Crippen molar-refractivity contribution in [2.75, 3.05) is 0 Å². The van der Waals surface area contributed by atoms with Gasteiger partial charge in [-0.1, -0.05) is 68.7 Å². The molecule has 0 aromatic heterocycles. The van der Waals surface area contributed by atoms with E-state index in [-0.39, 0.29) is 5.92 Å². The second kappa shape index (κ2) is 9.51. The van der Waals surface area contributed by atoms with Crippen LogP contribution in [-0.4, -0.2) is 6.36 Å². The van der Waals surface area contributed by atoms with E-state index in [9.17, 15) is 17.6 Å². The molecule has 1 aliphatic rings. The molecule has 4 rings (SSSR count). The van der Waals surface area contributed by atoms with Crippen molar-refractivity contribution in [1.82, 2.24) is 0 Å². The molecule has 1 aliphatic carbocycles. The standard InChI is InChI=1S/C27H28F4O/c1-2-3-4-5-6-18-7-8-20-16-21(10-9-19(20)15-18)22-11-13-24-23(17-22)12-14-25(26(24)28)32-27(29,30)31/h7-10,12,14-16,22H,2-6,11,13,17H2,1H3. The predicted molar refractivity (Wildman–Crippen MR) is 120 cm³/mol. The van der Waals surface area contributed by atoms with E-state index < -0.39 is 17.9 Å². The Bertz CT molecular complexity index is 1090. The fourth-order valence-electron chi connectivity index (χ4n) is 4.75. The highest BCUT2D eigenvalue weighted by atomic mass is 19.4. The van der Waals surface area contributed by atoms with Gasteiger partial charge in [0, 0.05) is 0 Å². The number of rotatable bonds is 7. The van der Waals surface area contributed by atoms with Gasteiger partial charge < -0.3 is 4.74 Å². The molecule has 0 aliphatic heterocycles. The Hall–Kier alpha value is -2.56. The molecule has 0 spiro atoms. The molecular formula is C27H28F4O. The maximum absolute atomic E-state index is 14.6. The average molecular weight is 445 g/mol. The summed E-state index contributed by atoms with van der Waals surface area (Å²) in [6, 6.07) is 15.8. The van der Waals surface area contributed by atoms with Crippen LogP contribution in [0.3, 0.4) is 0 Å². The Labute approximate surface area is 186 Å². The fraction of sp³-hybridized carbons (Fsp3) is 0.407. The number of hydrogen-bond acceptors (Lipinski definition) is 1. The van der Waals surface area contributed by atoms with Crippen molar-refractivity contribution in [2.45, 2.75) is 70.6 Å². The first-order chi connectivity index (χ1) is 15.3. The van der Waals surface area contributed by atoms with Gasteiger partial charge in [-0.3, -0.25) is 0 Å². The Morgan fingerprint density at radius 3 is 2.50 bits per heavy atom. The summed E-state index contributed by atoms with van der Waals surface area (Å²) in [4.78, 5) is 0. The molecule has 1 atom stereocenters. The molecule has 3 aromatic rings. The van der Waals surface area contributed by atoms with Gasteiger partial charge in [-0.25, -0.2) is 4.39 Å². The third kappa shape index (κ3) is 5.25. The van der Waals surface area contributed by atoms with Gasteiger partial charge >= 0.3 is 6.36 Å². The van der Waals surface area contributed by atoms with E-state index in [1.165, 1.54) is 47.6 Å². The van der Waals surface area contributed by atoms with Gasteiger partial charge in [-0.2, -0.15) is 0 Å². The molecule has 170 valence electrons. The lowest BCUT2D eigenvalue weighted by Crippen LogP contribution is -2.20. The van der Waals surface area contributed by atoms with Gasteiger partial charge in [-0.05, 0) is 77.1 Å². The van der Waals surface area contributed by atoms with Crippen LogP contribution in [-0.2, 0) is 19.3 Å². The van der Waals surface area contributed by atoms with Gasteiger partial charge in [0.2, 0.25) is 0 Å². The second-order valence-electron chi connectivity index (χ2n) is 8.75. The van der Waals surface area contributed by atoms with Crippen LogP contribution in [0, 0.1) is 5.82 Å². The Morgan fingerprint density at radius 1 is 0.938 bits per heavy atom. The molecule has 5 heteroatoms. The molecule has 1 nitrogen and oxygen atoms in total. The zero-order valence-electron chi connectivity index (χ0n) is 18.3. The van der Waals surface area contributed by atoms with Crippen LogP contribution in [0.25, 0.3) is 10.8 Å². The number of fused-ring (bicyclic) bond motifs is 2. The highest BCUT2D eigenvalue weighted by Crippen LogP contribution is 2.38. The van der Waals surface area contributed by atoms with Crippen LogP contribution in [0.15, 0.2) is 48.5 Å². The van der Waals surface area contributed by atoms with Crippen LogP contribution >= 0.6 is 0 Å². The van der Waals surface area contributed by atoms with E-state index in [1.54, 1.807) is 6.07 Å². The first kappa shape index (κ1) is 22.6. The minimum atomic E-state index is -4.90. The number of ether oxygens (including phenoxy) is 1.